The number of nitrogens with zero attached hydrogens (tertiary/aromatic N) is 2. The summed E-state index contributed by atoms with van der Waals surface area (Å²) in [4.78, 5) is 18.6. The molecule has 33 heavy (non-hydrogen) atoms. The molecule has 4 rings (SSSR count). The summed E-state index contributed by atoms with van der Waals surface area (Å²) in [5.41, 5.74) is 8.48. The van der Waals surface area contributed by atoms with Crippen molar-refractivity contribution in [2.75, 3.05) is 24.1 Å². The van der Waals surface area contributed by atoms with Crippen LogP contribution in [0.2, 0.25) is 0 Å². The molecule has 1 amide bonds. The summed E-state index contributed by atoms with van der Waals surface area (Å²) in [6.07, 6.45) is 3.18. The van der Waals surface area contributed by atoms with E-state index < -0.39 is 5.60 Å². The fourth-order valence-corrected chi connectivity index (χ4v) is 4.34. The molecule has 2 heterocycles. The Morgan fingerprint density at radius 2 is 2.06 bits per heavy atom. The van der Waals surface area contributed by atoms with Crippen molar-refractivity contribution >= 4 is 28.4 Å². The highest BCUT2D eigenvalue weighted by Crippen LogP contribution is 2.35. The molecule has 0 saturated carbocycles. The van der Waals surface area contributed by atoms with Gasteiger partial charge in [0, 0.05) is 47.4 Å². The zero-order valence-corrected chi connectivity index (χ0v) is 19.6. The van der Waals surface area contributed by atoms with Crippen LogP contribution in [0, 0.1) is 12.7 Å². The minimum Gasteiger partial charge on any atom is -0.444 e. The summed E-state index contributed by atoms with van der Waals surface area (Å²) in [6, 6.07) is 10.8. The normalized spacial score (nSPS) is 16.6. The van der Waals surface area contributed by atoms with Gasteiger partial charge in [-0.05, 0) is 75.9 Å². The van der Waals surface area contributed by atoms with E-state index in [1.165, 1.54) is 6.07 Å². The predicted octanol–water partition coefficient (Wildman–Crippen LogP) is 5.74. The number of piperidine rings is 1. The van der Waals surface area contributed by atoms with Crippen LogP contribution in [0.1, 0.15) is 39.2 Å². The number of halogens is 1. The summed E-state index contributed by atoms with van der Waals surface area (Å²) in [7, 11) is 0. The number of carbonyl (C=O) groups excluding carboxylic acids is 1. The van der Waals surface area contributed by atoms with Gasteiger partial charge in [-0.25, -0.2) is 14.2 Å². The Morgan fingerprint density at radius 1 is 1.27 bits per heavy atom. The Morgan fingerprint density at radius 3 is 2.79 bits per heavy atom. The number of fused-ring (bicyclic) bond motifs is 1. The molecule has 1 fully saturated rings. The fraction of sp³-hybridized carbons (Fsp3) is 0.385. The molecule has 1 aromatic heterocycles. The molecule has 1 aliphatic rings. The van der Waals surface area contributed by atoms with Gasteiger partial charge in [0.05, 0.1) is 0 Å². The van der Waals surface area contributed by atoms with E-state index in [0.29, 0.717) is 24.5 Å². The number of pyridine rings is 1. The van der Waals surface area contributed by atoms with Crippen molar-refractivity contribution in [1.82, 2.24) is 9.88 Å². The summed E-state index contributed by atoms with van der Waals surface area (Å²) in [6.45, 7) is 8.69. The van der Waals surface area contributed by atoms with Gasteiger partial charge < -0.3 is 20.7 Å². The van der Waals surface area contributed by atoms with Crippen molar-refractivity contribution in [2.24, 2.45) is 0 Å². The van der Waals surface area contributed by atoms with Crippen LogP contribution in [0.25, 0.3) is 21.9 Å². The second-order valence-corrected chi connectivity index (χ2v) is 9.70. The number of aromatic nitrogens is 1. The van der Waals surface area contributed by atoms with Crippen molar-refractivity contribution in [3.8, 4) is 11.1 Å². The molecule has 3 aromatic rings. The minimum atomic E-state index is -0.538. The van der Waals surface area contributed by atoms with Gasteiger partial charge in [0.25, 0.3) is 0 Å². The summed E-state index contributed by atoms with van der Waals surface area (Å²) in [5.74, 6) is 0.150. The maximum Gasteiger partial charge on any atom is 0.410 e. The molecule has 0 unspecified atom stereocenters. The number of hydrogen-bond donors (Lipinski definition) is 2. The number of nitrogen functional groups attached to an aromatic ring is 1. The SMILES string of the molecule is Cc1cccc(F)c1-c1cc(N[C@H]2CCCN(C(=O)OC(C)(C)C)C2)c2cc(N)ncc2c1. The van der Waals surface area contributed by atoms with E-state index in [1.807, 2.05) is 52.0 Å². The van der Waals surface area contributed by atoms with Crippen molar-refractivity contribution in [2.45, 2.75) is 52.2 Å². The van der Waals surface area contributed by atoms with E-state index in [9.17, 15) is 9.18 Å². The van der Waals surface area contributed by atoms with Crippen LogP contribution in [0.3, 0.4) is 0 Å². The lowest BCUT2D eigenvalue weighted by Gasteiger charge is -2.35. The first-order valence-electron chi connectivity index (χ1n) is 11.3. The average molecular weight is 451 g/mol. The topological polar surface area (TPSA) is 80.5 Å². The summed E-state index contributed by atoms with van der Waals surface area (Å²) in [5, 5.41) is 5.37. The lowest BCUT2D eigenvalue weighted by Crippen LogP contribution is -2.47. The Balaban J connectivity index is 1.68. The molecule has 7 heteroatoms. The van der Waals surface area contributed by atoms with Crippen LogP contribution < -0.4 is 11.1 Å². The Bertz CT molecular complexity index is 1170. The number of likely N-dealkylation sites (tertiary alicyclic amines) is 1. The molecule has 3 N–H and O–H groups in total. The zero-order chi connectivity index (χ0) is 23.8. The lowest BCUT2D eigenvalue weighted by atomic mass is 9.96. The summed E-state index contributed by atoms with van der Waals surface area (Å²) < 4.78 is 20.3. The van der Waals surface area contributed by atoms with E-state index in [2.05, 4.69) is 10.3 Å². The Hall–Kier alpha value is -3.35. The van der Waals surface area contributed by atoms with Crippen LogP contribution in [0.4, 0.5) is 20.7 Å². The number of benzene rings is 2. The molecule has 174 valence electrons. The quantitative estimate of drug-likeness (QED) is 0.532. The van der Waals surface area contributed by atoms with Crippen molar-refractivity contribution in [1.29, 1.82) is 0 Å². The number of nitrogens with one attached hydrogen (secondary N) is 1. The van der Waals surface area contributed by atoms with Gasteiger partial charge in [0.1, 0.15) is 17.2 Å². The predicted molar refractivity (Wildman–Crippen MR) is 131 cm³/mol. The molecule has 0 aliphatic carbocycles. The Kier molecular flexibility index (Phi) is 6.15. The highest BCUT2D eigenvalue weighted by Gasteiger charge is 2.28. The molecular formula is C26H31FN4O2. The number of amides is 1. The molecule has 0 radical (unpaired) electrons. The van der Waals surface area contributed by atoms with Crippen LogP contribution in [-0.2, 0) is 4.74 Å². The second-order valence-electron chi connectivity index (χ2n) is 9.70. The summed E-state index contributed by atoms with van der Waals surface area (Å²) >= 11 is 0. The smallest absolute Gasteiger partial charge is 0.410 e. The number of carbonyl (C=O) groups is 1. The zero-order valence-electron chi connectivity index (χ0n) is 19.6. The van der Waals surface area contributed by atoms with Gasteiger partial charge in [-0.15, -0.1) is 0 Å². The molecule has 2 aromatic carbocycles. The number of hydrogen-bond acceptors (Lipinski definition) is 5. The average Bonchev–Trinajstić information content (AvgIpc) is 2.73. The number of nitrogens with two attached hydrogens (primary N) is 1. The van der Waals surface area contributed by atoms with Gasteiger partial charge in [-0.2, -0.15) is 0 Å². The van der Waals surface area contributed by atoms with Crippen molar-refractivity contribution in [3.05, 3.63) is 54.0 Å². The third-order valence-corrected chi connectivity index (χ3v) is 5.80. The van der Waals surface area contributed by atoms with E-state index in [4.69, 9.17) is 10.5 Å². The van der Waals surface area contributed by atoms with E-state index in [-0.39, 0.29) is 18.0 Å². The van der Waals surface area contributed by atoms with Crippen LogP contribution in [-0.4, -0.2) is 40.7 Å². The second kappa shape index (κ2) is 8.89. The third-order valence-electron chi connectivity index (χ3n) is 5.80. The van der Waals surface area contributed by atoms with Crippen molar-refractivity contribution < 1.29 is 13.9 Å². The molecule has 0 bridgehead atoms. The highest BCUT2D eigenvalue weighted by atomic mass is 19.1. The molecule has 1 atom stereocenters. The van der Waals surface area contributed by atoms with E-state index in [0.717, 1.165) is 40.4 Å². The van der Waals surface area contributed by atoms with E-state index >= 15 is 0 Å². The van der Waals surface area contributed by atoms with Crippen LogP contribution in [0.15, 0.2) is 42.6 Å². The fourth-order valence-electron chi connectivity index (χ4n) is 4.34. The first-order chi connectivity index (χ1) is 15.6. The first kappa shape index (κ1) is 22.8. The minimum absolute atomic E-state index is 0.0285. The number of ether oxygens (including phenoxy) is 1. The Labute approximate surface area is 193 Å². The van der Waals surface area contributed by atoms with Gasteiger partial charge in [-0.3, -0.25) is 0 Å². The molecule has 1 aliphatic heterocycles. The van der Waals surface area contributed by atoms with E-state index in [1.54, 1.807) is 17.2 Å². The maximum atomic E-state index is 14.8. The van der Waals surface area contributed by atoms with Gasteiger partial charge in [-0.1, -0.05) is 12.1 Å². The van der Waals surface area contributed by atoms with Gasteiger partial charge in [0.15, 0.2) is 0 Å². The van der Waals surface area contributed by atoms with Crippen LogP contribution in [0.5, 0.6) is 0 Å². The first-order valence-corrected chi connectivity index (χ1v) is 11.3. The van der Waals surface area contributed by atoms with Gasteiger partial charge >= 0.3 is 6.09 Å². The highest BCUT2D eigenvalue weighted by molar-refractivity contribution is 5.98. The van der Waals surface area contributed by atoms with Crippen LogP contribution >= 0.6 is 0 Å². The third kappa shape index (κ3) is 5.18. The standard InChI is InChI=1S/C26H31FN4O2/c1-16-7-5-9-21(27)24(16)17-11-18-14-29-23(28)13-20(18)22(12-17)30-19-8-6-10-31(15-19)25(32)33-26(2,3)4/h5,7,9,11-14,19,30H,6,8,10,15H2,1-4H3,(H2,28,29)/t19-/m0/s1. The number of aryl methyl sites for hydroxylation is 1. The van der Waals surface area contributed by atoms with Crippen molar-refractivity contribution in [3.63, 3.8) is 0 Å². The molecular weight excluding hydrogens is 419 g/mol. The monoisotopic (exact) mass is 450 g/mol. The maximum absolute atomic E-state index is 14.8. The number of rotatable bonds is 3. The molecule has 1 saturated heterocycles. The lowest BCUT2D eigenvalue weighted by molar-refractivity contribution is 0.0206. The number of anilines is 2. The van der Waals surface area contributed by atoms with Gasteiger partial charge in [0.2, 0.25) is 0 Å². The molecule has 0 spiro atoms. The molecule has 6 nitrogen and oxygen atoms in total. The largest absolute Gasteiger partial charge is 0.444 e.